The van der Waals surface area contributed by atoms with Crippen LogP contribution in [0.1, 0.15) is 18.4 Å². The predicted octanol–water partition coefficient (Wildman–Crippen LogP) is 2.29. The molecule has 2 aliphatic rings. The molecule has 3 heterocycles. The normalized spacial score (nSPS) is 18.5. The fourth-order valence-corrected chi connectivity index (χ4v) is 5.73. The maximum atomic E-state index is 13.2. The molecule has 2 fully saturated rings. The van der Waals surface area contributed by atoms with Gasteiger partial charge in [0.25, 0.3) is 0 Å². The minimum atomic E-state index is -3.65. The smallest absolute Gasteiger partial charge is 0.246 e. The highest BCUT2D eigenvalue weighted by Crippen LogP contribution is 2.29. The van der Waals surface area contributed by atoms with Crippen LogP contribution in [0, 0.1) is 5.92 Å². The maximum absolute atomic E-state index is 13.2. The van der Waals surface area contributed by atoms with Crippen LogP contribution in [-0.2, 0) is 26.1 Å². The Balaban J connectivity index is 1.38. The van der Waals surface area contributed by atoms with Gasteiger partial charge in [0.2, 0.25) is 15.9 Å². The number of benzene rings is 1. The van der Waals surface area contributed by atoms with Crippen LogP contribution in [0.3, 0.4) is 0 Å². The first-order valence-corrected chi connectivity index (χ1v) is 12.6. The van der Waals surface area contributed by atoms with Crippen molar-refractivity contribution >= 4 is 33.3 Å². The van der Waals surface area contributed by atoms with Gasteiger partial charge in [-0.1, -0.05) is 23.7 Å². The van der Waals surface area contributed by atoms with Crippen molar-refractivity contribution in [1.29, 1.82) is 0 Å². The second kappa shape index (κ2) is 10.2. The number of sulfonamides is 1. The predicted molar refractivity (Wildman–Crippen MR) is 122 cm³/mol. The summed E-state index contributed by atoms with van der Waals surface area (Å²) in [6.45, 7) is 3.07. The number of hydrogen-bond acceptors (Lipinski definition) is 6. The van der Waals surface area contributed by atoms with Crippen LogP contribution in [0.5, 0.6) is 0 Å². The number of carbonyl (C=O) groups excluding carboxylic acids is 1. The summed E-state index contributed by atoms with van der Waals surface area (Å²) in [6, 6.07) is 10.6. The Bertz CT molecular complexity index is 1030. The zero-order valence-corrected chi connectivity index (χ0v) is 19.3. The highest BCUT2D eigenvalue weighted by molar-refractivity contribution is 7.89. The molecule has 1 aromatic carbocycles. The van der Waals surface area contributed by atoms with Crippen molar-refractivity contribution in [3.63, 3.8) is 0 Å². The topological polar surface area (TPSA) is 91.8 Å². The van der Waals surface area contributed by atoms with E-state index in [4.69, 9.17) is 16.3 Å². The number of carbonyl (C=O) groups is 1. The van der Waals surface area contributed by atoms with Gasteiger partial charge >= 0.3 is 0 Å². The molecule has 172 valence electrons. The van der Waals surface area contributed by atoms with Gasteiger partial charge in [0, 0.05) is 49.9 Å². The van der Waals surface area contributed by atoms with Gasteiger partial charge in [-0.05, 0) is 42.7 Å². The Morgan fingerprint density at radius 2 is 1.78 bits per heavy atom. The molecule has 1 aromatic heterocycles. The number of hydrogen-bond donors (Lipinski definition) is 1. The van der Waals surface area contributed by atoms with Crippen molar-refractivity contribution in [2.24, 2.45) is 5.92 Å². The molecule has 0 radical (unpaired) electrons. The number of ether oxygens (including phenoxy) is 1. The zero-order valence-electron chi connectivity index (χ0n) is 17.7. The minimum Gasteiger partial charge on any atom is -0.379 e. The second-order valence-electron chi connectivity index (χ2n) is 7.95. The van der Waals surface area contributed by atoms with Crippen molar-refractivity contribution in [1.82, 2.24) is 14.6 Å². The Labute approximate surface area is 193 Å². The first-order valence-electron chi connectivity index (χ1n) is 10.7. The molecule has 32 heavy (non-hydrogen) atoms. The van der Waals surface area contributed by atoms with Gasteiger partial charge < -0.3 is 15.0 Å². The van der Waals surface area contributed by atoms with Crippen LogP contribution < -0.4 is 10.2 Å². The zero-order chi connectivity index (χ0) is 22.6. The van der Waals surface area contributed by atoms with Crippen molar-refractivity contribution in [2.45, 2.75) is 24.3 Å². The molecular weight excluding hydrogens is 452 g/mol. The Morgan fingerprint density at radius 3 is 2.47 bits per heavy atom. The fourth-order valence-electron chi connectivity index (χ4n) is 4.04. The summed E-state index contributed by atoms with van der Waals surface area (Å²) in [5, 5.41) is 3.65. The second-order valence-corrected chi connectivity index (χ2v) is 10.3. The van der Waals surface area contributed by atoms with E-state index in [0.29, 0.717) is 69.6 Å². The molecule has 0 saturated carbocycles. The van der Waals surface area contributed by atoms with E-state index in [2.05, 4.69) is 10.3 Å². The number of morpholine rings is 1. The third-order valence-electron chi connectivity index (χ3n) is 5.88. The van der Waals surface area contributed by atoms with E-state index in [1.807, 2.05) is 17.0 Å². The molecule has 4 rings (SSSR count). The summed E-state index contributed by atoms with van der Waals surface area (Å²) >= 11 is 5.90. The monoisotopic (exact) mass is 478 g/mol. The quantitative estimate of drug-likeness (QED) is 0.685. The lowest BCUT2D eigenvalue weighted by Crippen LogP contribution is -2.43. The Morgan fingerprint density at radius 1 is 1.09 bits per heavy atom. The van der Waals surface area contributed by atoms with Crippen molar-refractivity contribution in [2.75, 3.05) is 44.3 Å². The number of nitrogens with zero attached hydrogens (tertiary/aromatic N) is 3. The Hall–Kier alpha value is -2.20. The van der Waals surface area contributed by atoms with Gasteiger partial charge in [-0.25, -0.2) is 13.4 Å². The lowest BCUT2D eigenvalue weighted by atomic mass is 9.96. The van der Waals surface area contributed by atoms with Crippen molar-refractivity contribution < 1.29 is 17.9 Å². The molecule has 2 saturated heterocycles. The molecule has 1 N–H and O–H groups in total. The van der Waals surface area contributed by atoms with Gasteiger partial charge in [0.15, 0.2) is 0 Å². The van der Waals surface area contributed by atoms with E-state index in [9.17, 15) is 13.2 Å². The van der Waals surface area contributed by atoms with Crippen molar-refractivity contribution in [3.8, 4) is 0 Å². The van der Waals surface area contributed by atoms with Crippen molar-refractivity contribution in [3.05, 3.63) is 53.2 Å². The van der Waals surface area contributed by atoms with E-state index in [1.54, 1.807) is 30.5 Å². The number of piperidine rings is 1. The molecule has 8 nitrogen and oxygen atoms in total. The summed E-state index contributed by atoms with van der Waals surface area (Å²) in [6.07, 6.45) is 2.89. The van der Waals surface area contributed by atoms with Crippen LogP contribution in [0.25, 0.3) is 0 Å². The highest BCUT2D eigenvalue weighted by Gasteiger charge is 2.32. The number of pyridine rings is 1. The number of anilines is 1. The first kappa shape index (κ1) is 23.0. The average Bonchev–Trinajstić information content (AvgIpc) is 2.84. The van der Waals surface area contributed by atoms with Gasteiger partial charge in [0.05, 0.1) is 13.2 Å². The highest BCUT2D eigenvalue weighted by atomic mass is 35.5. The molecule has 0 spiro atoms. The minimum absolute atomic E-state index is 0.0155. The van der Waals surface area contributed by atoms with E-state index in [1.165, 1.54) is 4.31 Å². The van der Waals surface area contributed by atoms with E-state index < -0.39 is 10.0 Å². The fraction of sp³-hybridized carbons (Fsp3) is 0.455. The van der Waals surface area contributed by atoms with Gasteiger partial charge in [0.1, 0.15) is 10.7 Å². The lowest BCUT2D eigenvalue weighted by Gasteiger charge is -2.34. The summed E-state index contributed by atoms with van der Waals surface area (Å²) < 4.78 is 33.1. The van der Waals surface area contributed by atoms with E-state index >= 15 is 0 Å². The van der Waals surface area contributed by atoms with E-state index in [0.717, 1.165) is 5.56 Å². The first-order chi connectivity index (χ1) is 15.4. The molecule has 10 heteroatoms. The van der Waals surface area contributed by atoms with Crippen LogP contribution in [-0.4, -0.2) is 63.0 Å². The number of nitrogens with one attached hydrogen (secondary N) is 1. The molecule has 1 amide bonds. The van der Waals surface area contributed by atoms with Crippen LogP contribution in [0.15, 0.2) is 47.5 Å². The van der Waals surface area contributed by atoms with Gasteiger partial charge in [-0.3, -0.25) is 4.79 Å². The number of halogens is 1. The SMILES string of the molecule is O=C(NCc1ccc(Cl)cc1)C1CCN(c2ncccc2S(=O)(=O)N2CCOCC2)CC1. The summed E-state index contributed by atoms with van der Waals surface area (Å²) in [4.78, 5) is 19.2. The van der Waals surface area contributed by atoms with Crippen LogP contribution in [0.2, 0.25) is 5.02 Å². The average molecular weight is 479 g/mol. The third kappa shape index (κ3) is 5.23. The lowest BCUT2D eigenvalue weighted by molar-refractivity contribution is -0.125. The molecule has 0 atom stereocenters. The molecular formula is C22H27ClN4O4S. The van der Waals surface area contributed by atoms with Gasteiger partial charge in [-0.15, -0.1) is 0 Å². The standard InChI is InChI=1S/C22H27ClN4O4S/c23-19-5-3-17(4-6-19)16-25-22(28)18-7-10-26(11-8-18)21-20(2-1-9-24-21)32(29,30)27-12-14-31-15-13-27/h1-6,9,18H,7-8,10-16H2,(H,25,28). The number of rotatable bonds is 6. The Kier molecular flexibility index (Phi) is 7.30. The number of aromatic nitrogens is 1. The third-order valence-corrected chi connectivity index (χ3v) is 8.06. The summed E-state index contributed by atoms with van der Waals surface area (Å²) in [7, 11) is -3.65. The van der Waals surface area contributed by atoms with Crippen LogP contribution in [0.4, 0.5) is 5.82 Å². The largest absolute Gasteiger partial charge is 0.379 e. The molecule has 2 aliphatic heterocycles. The number of amides is 1. The van der Waals surface area contributed by atoms with Gasteiger partial charge in [-0.2, -0.15) is 4.31 Å². The van der Waals surface area contributed by atoms with Crippen LogP contribution >= 0.6 is 11.6 Å². The molecule has 0 bridgehead atoms. The van der Waals surface area contributed by atoms with E-state index in [-0.39, 0.29) is 16.7 Å². The summed E-state index contributed by atoms with van der Waals surface area (Å²) in [5.41, 5.74) is 0.992. The maximum Gasteiger partial charge on any atom is 0.246 e. The molecule has 0 aliphatic carbocycles. The molecule has 2 aromatic rings. The molecule has 0 unspecified atom stereocenters. The summed E-state index contributed by atoms with van der Waals surface area (Å²) in [5.74, 6) is 0.363.